The van der Waals surface area contributed by atoms with Crippen molar-refractivity contribution >= 4 is 43.2 Å². The minimum atomic E-state index is -3.19. The summed E-state index contributed by atoms with van der Waals surface area (Å²) < 4.78 is 51.8. The van der Waals surface area contributed by atoms with E-state index in [-0.39, 0.29) is 17.7 Å². The van der Waals surface area contributed by atoms with E-state index >= 15 is 0 Å². The molecule has 0 atom stereocenters. The first-order valence-electron chi connectivity index (χ1n) is 12.8. The van der Waals surface area contributed by atoms with E-state index in [9.17, 15) is 17.6 Å². The molecule has 0 saturated carbocycles. The molecule has 2 aromatic carbocycles. The van der Waals surface area contributed by atoms with Crippen LogP contribution < -0.4 is 9.47 Å². The number of halogens is 1. The summed E-state index contributed by atoms with van der Waals surface area (Å²) in [6.07, 6.45) is 4.11. The number of amides is 1. The molecule has 1 aromatic heterocycles. The Morgan fingerprint density at radius 3 is 2.58 bits per heavy atom. The van der Waals surface area contributed by atoms with Gasteiger partial charge < -0.3 is 14.4 Å². The fourth-order valence-corrected chi connectivity index (χ4v) is 7.04. The number of fused-ring (bicyclic) bond motifs is 1. The maximum absolute atomic E-state index is 13.1. The summed E-state index contributed by atoms with van der Waals surface area (Å²) in [5.41, 5.74) is 3.08. The molecule has 202 valence electrons. The quantitative estimate of drug-likeness (QED) is 0.390. The number of piperidine rings is 1. The van der Waals surface area contributed by atoms with Crippen LogP contribution in [0.1, 0.15) is 38.2 Å². The van der Waals surface area contributed by atoms with E-state index < -0.39 is 16.1 Å². The van der Waals surface area contributed by atoms with E-state index in [2.05, 4.69) is 11.1 Å². The third-order valence-electron chi connectivity index (χ3n) is 6.75. The molecule has 2 aliphatic rings. The maximum atomic E-state index is 13.1. The van der Waals surface area contributed by atoms with E-state index in [0.29, 0.717) is 62.8 Å². The van der Waals surface area contributed by atoms with Crippen molar-refractivity contribution in [2.45, 2.75) is 38.7 Å². The minimum absolute atomic E-state index is 0.0537. The number of carbonyl (C=O) groups excluding carboxylic acids is 1. The van der Waals surface area contributed by atoms with Gasteiger partial charge in [-0.2, -0.15) is 4.31 Å². The molecule has 38 heavy (non-hydrogen) atoms. The van der Waals surface area contributed by atoms with E-state index in [1.54, 1.807) is 9.21 Å². The molecule has 1 fully saturated rings. The first-order valence-corrected chi connectivity index (χ1v) is 15.2. The number of benzene rings is 2. The number of likely N-dealkylation sites (tertiary alicyclic amines) is 1. The fourth-order valence-electron chi connectivity index (χ4n) is 4.67. The summed E-state index contributed by atoms with van der Waals surface area (Å²) in [5, 5.41) is 0.596. The van der Waals surface area contributed by atoms with Gasteiger partial charge in [0, 0.05) is 39.0 Å². The van der Waals surface area contributed by atoms with Crippen LogP contribution in [0.4, 0.5) is 9.18 Å². The van der Waals surface area contributed by atoms with Crippen LogP contribution >= 0.6 is 11.3 Å². The zero-order valence-electron chi connectivity index (χ0n) is 21.1. The summed E-state index contributed by atoms with van der Waals surface area (Å²) >= 11 is 1.49. The Bertz CT molecular complexity index is 1430. The van der Waals surface area contributed by atoms with E-state index in [1.165, 1.54) is 35.6 Å². The summed E-state index contributed by atoms with van der Waals surface area (Å²) in [7, 11) is -3.19. The second kappa shape index (κ2) is 11.4. The Morgan fingerprint density at radius 1 is 1.13 bits per heavy atom. The first-order chi connectivity index (χ1) is 18.3. The van der Waals surface area contributed by atoms with Crippen molar-refractivity contribution in [2.24, 2.45) is 0 Å². The van der Waals surface area contributed by atoms with E-state index in [4.69, 9.17) is 9.47 Å². The lowest BCUT2D eigenvalue weighted by atomic mass is 10.0. The smallest absolute Gasteiger partial charge is 0.415 e. The van der Waals surface area contributed by atoms with Crippen molar-refractivity contribution in [3.8, 4) is 10.9 Å². The van der Waals surface area contributed by atoms with Crippen LogP contribution in [0.15, 0.2) is 48.5 Å². The Hall–Kier alpha value is -3.02. The van der Waals surface area contributed by atoms with Gasteiger partial charge in [0.25, 0.3) is 5.19 Å². The predicted octanol–water partition coefficient (Wildman–Crippen LogP) is 5.31. The molecule has 0 radical (unpaired) electrons. The largest absolute Gasteiger partial charge is 0.467 e. The molecule has 3 heterocycles. The summed E-state index contributed by atoms with van der Waals surface area (Å²) in [4.78, 5) is 18.7. The van der Waals surface area contributed by atoms with Gasteiger partial charge in [-0.3, -0.25) is 0 Å². The molecule has 0 unspecified atom stereocenters. The van der Waals surface area contributed by atoms with Gasteiger partial charge in [0.05, 0.1) is 16.0 Å². The molecule has 8 nitrogen and oxygen atoms in total. The van der Waals surface area contributed by atoms with Crippen molar-refractivity contribution in [1.29, 1.82) is 0 Å². The molecule has 1 amide bonds. The van der Waals surface area contributed by atoms with Crippen LogP contribution in [0.25, 0.3) is 15.8 Å². The highest BCUT2D eigenvalue weighted by Gasteiger charge is 2.27. The van der Waals surface area contributed by atoms with Gasteiger partial charge in [-0.05, 0) is 60.4 Å². The highest BCUT2D eigenvalue weighted by molar-refractivity contribution is 7.89. The molecule has 0 N–H and O–H groups in total. The van der Waals surface area contributed by atoms with Gasteiger partial charge in [-0.15, -0.1) is 0 Å². The van der Waals surface area contributed by atoms with Crippen LogP contribution in [0.5, 0.6) is 10.9 Å². The number of thiazole rings is 1. The van der Waals surface area contributed by atoms with Crippen LogP contribution in [-0.4, -0.2) is 66.7 Å². The van der Waals surface area contributed by atoms with Crippen molar-refractivity contribution in [3.05, 3.63) is 59.9 Å². The molecule has 0 bridgehead atoms. The molecule has 2 aliphatic heterocycles. The van der Waals surface area contributed by atoms with Crippen molar-refractivity contribution in [1.82, 2.24) is 14.2 Å². The van der Waals surface area contributed by atoms with Crippen LogP contribution in [0, 0.1) is 5.82 Å². The van der Waals surface area contributed by atoms with Crippen LogP contribution in [0.3, 0.4) is 0 Å². The van der Waals surface area contributed by atoms with E-state index in [0.717, 1.165) is 21.4 Å². The third kappa shape index (κ3) is 6.16. The molecule has 3 aromatic rings. The molecule has 0 aliphatic carbocycles. The fraction of sp³-hybridized carbons (Fsp3) is 0.407. The zero-order valence-corrected chi connectivity index (χ0v) is 22.8. The highest BCUT2D eigenvalue weighted by atomic mass is 32.2. The summed E-state index contributed by atoms with van der Waals surface area (Å²) in [6.45, 7) is 3.78. The van der Waals surface area contributed by atoms with Gasteiger partial charge in [0.15, 0.2) is 0 Å². The molecule has 11 heteroatoms. The Balaban J connectivity index is 1.16. The Labute approximate surface area is 225 Å². The average Bonchev–Trinajstić information content (AvgIpc) is 3.32. The number of nitrogens with zero attached hydrogens (tertiary/aromatic N) is 3. The normalized spacial score (nSPS) is 17.4. The summed E-state index contributed by atoms with van der Waals surface area (Å²) in [5.74, 6) is 0.114. The third-order valence-corrected chi connectivity index (χ3v) is 9.71. The average molecular weight is 560 g/mol. The number of rotatable bonds is 7. The van der Waals surface area contributed by atoms with Gasteiger partial charge >= 0.3 is 6.09 Å². The first kappa shape index (κ1) is 26.6. The monoisotopic (exact) mass is 559 g/mol. The topological polar surface area (TPSA) is 89.0 Å². The van der Waals surface area contributed by atoms with Gasteiger partial charge in [0.2, 0.25) is 10.0 Å². The zero-order chi connectivity index (χ0) is 26.7. The lowest BCUT2D eigenvalue weighted by Gasteiger charge is -2.30. The second-order valence-electron chi connectivity index (χ2n) is 9.44. The Kier molecular flexibility index (Phi) is 7.96. The van der Waals surface area contributed by atoms with Crippen LogP contribution in [-0.2, 0) is 10.0 Å². The standard InChI is InChI=1S/C27H30FN3O5S2/c1-2-17-38(33,34)31-15-9-19(10-16-31)20-3-8-24-25(18-20)37-26(29-24)35-23-11-13-30(14-12-23)27(32)36-22-6-4-21(28)5-7-22/h3-9,18,23H,2,10-17H2,1H3. The van der Waals surface area contributed by atoms with Crippen molar-refractivity contribution in [2.75, 3.05) is 31.9 Å². The van der Waals surface area contributed by atoms with E-state index in [1.807, 2.05) is 25.1 Å². The minimum Gasteiger partial charge on any atom is -0.467 e. The van der Waals surface area contributed by atoms with Gasteiger partial charge in [0.1, 0.15) is 17.7 Å². The molecular weight excluding hydrogens is 529 g/mol. The number of sulfonamides is 1. The van der Waals surface area contributed by atoms with Gasteiger partial charge in [-0.1, -0.05) is 30.4 Å². The van der Waals surface area contributed by atoms with Crippen molar-refractivity contribution in [3.63, 3.8) is 0 Å². The number of aromatic nitrogens is 1. The molecular formula is C27H30FN3O5S2. The molecule has 1 saturated heterocycles. The second-order valence-corrected chi connectivity index (χ2v) is 12.5. The lowest BCUT2D eigenvalue weighted by Crippen LogP contribution is -2.43. The predicted molar refractivity (Wildman–Crippen MR) is 146 cm³/mol. The number of carbonyl (C=O) groups is 1. The molecule has 5 rings (SSSR count). The Morgan fingerprint density at radius 2 is 1.89 bits per heavy atom. The van der Waals surface area contributed by atoms with Crippen molar-refractivity contribution < 1.29 is 27.1 Å². The number of hydrogen-bond acceptors (Lipinski definition) is 7. The van der Waals surface area contributed by atoms with Gasteiger partial charge in [-0.25, -0.2) is 22.6 Å². The number of ether oxygens (including phenoxy) is 2. The van der Waals surface area contributed by atoms with Crippen LogP contribution in [0.2, 0.25) is 0 Å². The molecule has 0 spiro atoms. The lowest BCUT2D eigenvalue weighted by molar-refractivity contribution is 0.0930. The number of hydrogen-bond donors (Lipinski definition) is 0. The highest BCUT2D eigenvalue weighted by Crippen LogP contribution is 2.33. The summed E-state index contributed by atoms with van der Waals surface area (Å²) in [6, 6.07) is 11.5. The SMILES string of the molecule is CCCS(=O)(=O)N1CC=C(c2ccc3nc(OC4CCN(C(=O)Oc5ccc(F)cc5)CC4)sc3c2)CC1. The maximum Gasteiger partial charge on any atom is 0.415 e.